The molecule has 0 aliphatic rings. The molecular formula is C10H10Cl2N2O. The van der Waals surface area contributed by atoms with Gasteiger partial charge in [0.15, 0.2) is 5.65 Å². The lowest BCUT2D eigenvalue weighted by Gasteiger charge is -2.06. The largest absolute Gasteiger partial charge is 0.387 e. The molecule has 0 aromatic carbocycles. The second-order valence-electron chi connectivity index (χ2n) is 3.46. The van der Waals surface area contributed by atoms with Crippen LogP contribution in [0.3, 0.4) is 0 Å². The summed E-state index contributed by atoms with van der Waals surface area (Å²) in [7, 11) is 0. The van der Waals surface area contributed by atoms with E-state index in [9.17, 15) is 5.11 Å². The highest BCUT2D eigenvalue weighted by Crippen LogP contribution is 2.26. The first kappa shape index (κ1) is 10.7. The number of hydrogen-bond donors (Lipinski definition) is 1. The van der Waals surface area contributed by atoms with Crippen molar-refractivity contribution >= 4 is 28.8 Å². The fourth-order valence-electron chi connectivity index (χ4n) is 1.71. The van der Waals surface area contributed by atoms with Crippen molar-refractivity contribution in [2.75, 3.05) is 0 Å². The number of aromatic nitrogens is 2. The Morgan fingerprint density at radius 2 is 2.13 bits per heavy atom. The predicted molar refractivity (Wildman–Crippen MR) is 60.6 cm³/mol. The molecule has 80 valence electrons. The summed E-state index contributed by atoms with van der Waals surface area (Å²) in [5.41, 5.74) is 2.10. The lowest BCUT2D eigenvalue weighted by molar-refractivity contribution is 0.192. The first-order chi connectivity index (χ1) is 7.00. The van der Waals surface area contributed by atoms with Gasteiger partial charge in [0.2, 0.25) is 0 Å². The van der Waals surface area contributed by atoms with Crippen LogP contribution in [0.1, 0.15) is 24.4 Å². The van der Waals surface area contributed by atoms with Gasteiger partial charge in [-0.2, -0.15) is 0 Å². The van der Waals surface area contributed by atoms with Gasteiger partial charge < -0.3 is 5.11 Å². The van der Waals surface area contributed by atoms with E-state index < -0.39 is 6.10 Å². The Bertz CT molecular complexity index is 520. The van der Waals surface area contributed by atoms with Crippen LogP contribution < -0.4 is 0 Å². The van der Waals surface area contributed by atoms with Crippen LogP contribution in [0.5, 0.6) is 0 Å². The van der Waals surface area contributed by atoms with Gasteiger partial charge in [0.1, 0.15) is 0 Å². The van der Waals surface area contributed by atoms with Crippen molar-refractivity contribution in [3.05, 3.63) is 33.7 Å². The molecule has 1 atom stereocenters. The van der Waals surface area contributed by atoms with E-state index in [0.717, 1.165) is 11.4 Å². The smallest absolute Gasteiger partial charge is 0.156 e. The summed E-state index contributed by atoms with van der Waals surface area (Å²) >= 11 is 11.9. The van der Waals surface area contributed by atoms with Crippen molar-refractivity contribution in [3.8, 4) is 0 Å². The standard InChI is InChI=1S/C10H10Cl2N2O/c1-5-9(6(2)15)14-4-7(11)3-8(12)10(14)13-5/h3-4,6,15H,1-2H3. The van der Waals surface area contributed by atoms with Gasteiger partial charge in [-0.3, -0.25) is 4.40 Å². The van der Waals surface area contributed by atoms with Crippen LogP contribution in [0, 0.1) is 6.92 Å². The zero-order valence-electron chi connectivity index (χ0n) is 8.33. The summed E-state index contributed by atoms with van der Waals surface area (Å²) in [6.45, 7) is 3.52. The second-order valence-corrected chi connectivity index (χ2v) is 4.30. The molecule has 0 saturated heterocycles. The Labute approximate surface area is 97.3 Å². The summed E-state index contributed by atoms with van der Waals surface area (Å²) in [6, 6.07) is 1.64. The van der Waals surface area contributed by atoms with Crippen molar-refractivity contribution in [2.24, 2.45) is 0 Å². The molecule has 1 N–H and O–H groups in total. The van der Waals surface area contributed by atoms with Gasteiger partial charge in [-0.15, -0.1) is 0 Å². The van der Waals surface area contributed by atoms with E-state index in [2.05, 4.69) is 4.98 Å². The van der Waals surface area contributed by atoms with Gasteiger partial charge in [0.25, 0.3) is 0 Å². The van der Waals surface area contributed by atoms with E-state index in [4.69, 9.17) is 23.2 Å². The highest BCUT2D eigenvalue weighted by molar-refractivity contribution is 6.36. The number of halogens is 2. The molecule has 2 heterocycles. The Balaban J connectivity index is 2.86. The molecule has 0 aliphatic carbocycles. The van der Waals surface area contributed by atoms with Crippen molar-refractivity contribution in [2.45, 2.75) is 20.0 Å². The Morgan fingerprint density at radius 3 is 2.73 bits per heavy atom. The maximum absolute atomic E-state index is 9.63. The van der Waals surface area contributed by atoms with E-state index in [-0.39, 0.29) is 0 Å². The third-order valence-electron chi connectivity index (χ3n) is 2.26. The van der Waals surface area contributed by atoms with Crippen molar-refractivity contribution in [1.82, 2.24) is 9.38 Å². The van der Waals surface area contributed by atoms with Gasteiger partial charge in [0.05, 0.1) is 27.5 Å². The van der Waals surface area contributed by atoms with Crippen LogP contribution >= 0.6 is 23.2 Å². The molecular weight excluding hydrogens is 235 g/mol. The molecule has 0 radical (unpaired) electrons. The molecule has 15 heavy (non-hydrogen) atoms. The number of hydrogen-bond acceptors (Lipinski definition) is 2. The third kappa shape index (κ3) is 1.71. The first-order valence-corrected chi connectivity index (χ1v) is 5.28. The minimum absolute atomic E-state index is 0.484. The number of imidazole rings is 1. The first-order valence-electron chi connectivity index (χ1n) is 4.52. The molecule has 0 bridgehead atoms. The van der Waals surface area contributed by atoms with Crippen molar-refractivity contribution in [3.63, 3.8) is 0 Å². The zero-order chi connectivity index (χ0) is 11.2. The summed E-state index contributed by atoms with van der Waals surface area (Å²) in [6.07, 6.45) is 1.10. The SMILES string of the molecule is Cc1nc2c(Cl)cc(Cl)cn2c1C(C)O. The Kier molecular flexibility index (Phi) is 2.63. The van der Waals surface area contributed by atoms with Gasteiger partial charge >= 0.3 is 0 Å². The van der Waals surface area contributed by atoms with Gasteiger partial charge in [-0.25, -0.2) is 4.98 Å². The minimum Gasteiger partial charge on any atom is -0.387 e. The fraction of sp³-hybridized carbons (Fsp3) is 0.300. The Hall–Kier alpha value is -0.770. The Morgan fingerprint density at radius 1 is 1.47 bits per heavy atom. The molecule has 2 aromatic heterocycles. The lowest BCUT2D eigenvalue weighted by Crippen LogP contribution is -1.99. The van der Waals surface area contributed by atoms with Crippen LogP contribution in [0.15, 0.2) is 12.3 Å². The van der Waals surface area contributed by atoms with Crippen molar-refractivity contribution < 1.29 is 5.11 Å². The normalized spacial score (nSPS) is 13.4. The van der Waals surface area contributed by atoms with Crippen LogP contribution in [-0.2, 0) is 0 Å². The number of nitrogens with zero attached hydrogens (tertiary/aromatic N) is 2. The molecule has 1 unspecified atom stereocenters. The molecule has 0 aliphatic heterocycles. The highest BCUT2D eigenvalue weighted by Gasteiger charge is 2.15. The molecule has 0 amide bonds. The molecule has 0 saturated carbocycles. The van der Waals surface area contributed by atoms with Gasteiger partial charge in [-0.05, 0) is 19.9 Å². The number of aliphatic hydroxyl groups is 1. The van der Waals surface area contributed by atoms with Crippen LogP contribution in [0.25, 0.3) is 5.65 Å². The number of pyridine rings is 1. The quantitative estimate of drug-likeness (QED) is 0.838. The van der Waals surface area contributed by atoms with Crippen LogP contribution in [0.4, 0.5) is 0 Å². The lowest BCUT2D eigenvalue weighted by atomic mass is 10.2. The molecule has 5 heteroatoms. The summed E-state index contributed by atoms with van der Waals surface area (Å²) < 4.78 is 1.73. The number of aryl methyl sites for hydroxylation is 1. The average Bonchev–Trinajstić information content (AvgIpc) is 2.41. The average molecular weight is 245 g/mol. The molecule has 2 rings (SSSR count). The second kappa shape index (κ2) is 3.67. The third-order valence-corrected chi connectivity index (χ3v) is 2.74. The fourth-order valence-corrected chi connectivity index (χ4v) is 2.22. The number of fused-ring (bicyclic) bond motifs is 1. The molecule has 3 nitrogen and oxygen atoms in total. The van der Waals surface area contributed by atoms with Crippen LogP contribution in [-0.4, -0.2) is 14.5 Å². The summed E-state index contributed by atoms with van der Waals surface area (Å²) in [4.78, 5) is 4.29. The van der Waals surface area contributed by atoms with E-state index in [0.29, 0.717) is 15.7 Å². The van der Waals surface area contributed by atoms with Gasteiger partial charge in [0, 0.05) is 6.20 Å². The monoisotopic (exact) mass is 244 g/mol. The topological polar surface area (TPSA) is 37.5 Å². The van der Waals surface area contributed by atoms with E-state index >= 15 is 0 Å². The minimum atomic E-state index is -0.602. The number of aliphatic hydroxyl groups excluding tert-OH is 1. The number of rotatable bonds is 1. The van der Waals surface area contributed by atoms with Crippen molar-refractivity contribution in [1.29, 1.82) is 0 Å². The van der Waals surface area contributed by atoms with E-state index in [1.807, 2.05) is 6.92 Å². The predicted octanol–water partition coefficient (Wildman–Crippen LogP) is 3.00. The zero-order valence-corrected chi connectivity index (χ0v) is 9.84. The molecule has 0 fully saturated rings. The van der Waals surface area contributed by atoms with E-state index in [1.165, 1.54) is 0 Å². The van der Waals surface area contributed by atoms with E-state index in [1.54, 1.807) is 23.6 Å². The summed E-state index contributed by atoms with van der Waals surface area (Å²) in [5.74, 6) is 0. The molecule has 0 spiro atoms. The summed E-state index contributed by atoms with van der Waals surface area (Å²) in [5, 5.41) is 10.6. The van der Waals surface area contributed by atoms with Gasteiger partial charge in [-0.1, -0.05) is 23.2 Å². The van der Waals surface area contributed by atoms with Crippen LogP contribution in [0.2, 0.25) is 10.0 Å². The maximum atomic E-state index is 9.63. The maximum Gasteiger partial charge on any atom is 0.156 e. The highest BCUT2D eigenvalue weighted by atomic mass is 35.5. The molecule has 2 aromatic rings.